The van der Waals surface area contributed by atoms with Crippen LogP contribution in [-0.4, -0.2) is 77.7 Å². The molecule has 0 saturated carbocycles. The van der Waals surface area contributed by atoms with Crippen LogP contribution in [0.1, 0.15) is 65.7 Å². The van der Waals surface area contributed by atoms with E-state index in [0.717, 1.165) is 60.1 Å². The fourth-order valence-corrected chi connectivity index (χ4v) is 7.60. The topological polar surface area (TPSA) is 137 Å². The van der Waals surface area contributed by atoms with Crippen LogP contribution < -0.4 is 5.73 Å². The third kappa shape index (κ3) is 7.52. The molecule has 0 aliphatic carbocycles. The SMILES string of the molecule is CCS(=O)(=O)N1CCC(c2c[nH]c3c(C(N)=O)cc(-c4csc(CN5CCCCC5)c4)cc23)CC1.O=C(O)C(F)(F)F. The normalized spacial score (nSPS) is 17.6. The molecule has 0 bridgehead atoms. The van der Waals surface area contributed by atoms with Crippen molar-refractivity contribution in [1.82, 2.24) is 14.2 Å². The van der Waals surface area contributed by atoms with E-state index in [1.54, 1.807) is 22.6 Å². The molecule has 1 amide bonds. The van der Waals surface area contributed by atoms with Gasteiger partial charge in [0.05, 0.1) is 16.8 Å². The first kappa shape index (κ1) is 32.0. The van der Waals surface area contributed by atoms with Crippen molar-refractivity contribution >= 4 is 44.1 Å². The monoisotopic (exact) mass is 628 g/mol. The summed E-state index contributed by atoms with van der Waals surface area (Å²) in [5.41, 5.74) is 10.3. The van der Waals surface area contributed by atoms with Crippen LogP contribution in [0.25, 0.3) is 22.0 Å². The number of amides is 1. The number of hydrogen-bond donors (Lipinski definition) is 3. The molecule has 2 aliphatic rings. The van der Waals surface area contributed by atoms with Crippen molar-refractivity contribution in [2.75, 3.05) is 31.9 Å². The van der Waals surface area contributed by atoms with Gasteiger partial charge in [0, 0.05) is 36.1 Å². The Morgan fingerprint density at radius 3 is 2.29 bits per heavy atom. The van der Waals surface area contributed by atoms with Crippen molar-refractivity contribution in [2.45, 2.75) is 57.7 Å². The quantitative estimate of drug-likeness (QED) is 0.331. The molecule has 3 aromatic rings. The molecule has 2 fully saturated rings. The van der Waals surface area contributed by atoms with Crippen LogP contribution in [0.2, 0.25) is 0 Å². The molecule has 2 saturated heterocycles. The molecular formula is C28H35F3N4O5S2. The summed E-state index contributed by atoms with van der Waals surface area (Å²) in [4.78, 5) is 28.4. The van der Waals surface area contributed by atoms with Crippen LogP contribution in [0.15, 0.2) is 29.8 Å². The van der Waals surface area contributed by atoms with Gasteiger partial charge in [-0.1, -0.05) is 6.42 Å². The van der Waals surface area contributed by atoms with Gasteiger partial charge in [-0.2, -0.15) is 13.2 Å². The van der Waals surface area contributed by atoms with Gasteiger partial charge < -0.3 is 15.8 Å². The molecule has 2 aromatic heterocycles. The number of carbonyl (C=O) groups excluding carboxylic acids is 1. The number of likely N-dealkylation sites (tertiary alicyclic amines) is 1. The number of aromatic amines is 1. The van der Waals surface area contributed by atoms with Crippen molar-refractivity contribution in [3.63, 3.8) is 0 Å². The number of carboxylic acids is 1. The summed E-state index contributed by atoms with van der Waals surface area (Å²) in [6, 6.07) is 6.30. The maximum absolute atomic E-state index is 12.4. The number of thiophene rings is 1. The Balaban J connectivity index is 0.000000517. The second kappa shape index (κ2) is 13.1. The van der Waals surface area contributed by atoms with Crippen molar-refractivity contribution in [1.29, 1.82) is 0 Å². The zero-order chi connectivity index (χ0) is 30.7. The Hall–Kier alpha value is -2.94. The van der Waals surface area contributed by atoms with Gasteiger partial charge in [-0.05, 0) is 91.9 Å². The van der Waals surface area contributed by atoms with E-state index in [9.17, 15) is 26.4 Å². The molecule has 230 valence electrons. The molecule has 2 aliphatic heterocycles. The second-order valence-corrected chi connectivity index (χ2v) is 13.8. The van der Waals surface area contributed by atoms with E-state index in [1.165, 1.54) is 24.1 Å². The third-order valence-corrected chi connectivity index (χ3v) is 10.6. The largest absolute Gasteiger partial charge is 0.490 e. The molecule has 42 heavy (non-hydrogen) atoms. The number of alkyl halides is 3. The van der Waals surface area contributed by atoms with Gasteiger partial charge in [0.1, 0.15) is 0 Å². The zero-order valence-corrected chi connectivity index (χ0v) is 24.9. The smallest absolute Gasteiger partial charge is 0.475 e. The van der Waals surface area contributed by atoms with Gasteiger partial charge in [-0.15, -0.1) is 11.3 Å². The van der Waals surface area contributed by atoms with E-state index in [2.05, 4.69) is 27.4 Å². The van der Waals surface area contributed by atoms with Crippen LogP contribution in [0, 0.1) is 0 Å². The number of nitrogens with zero attached hydrogens (tertiary/aromatic N) is 2. The number of nitrogens with one attached hydrogen (secondary N) is 1. The molecular weight excluding hydrogens is 593 g/mol. The zero-order valence-electron chi connectivity index (χ0n) is 23.2. The lowest BCUT2D eigenvalue weighted by Crippen LogP contribution is -2.38. The summed E-state index contributed by atoms with van der Waals surface area (Å²) in [5.74, 6) is -2.83. The van der Waals surface area contributed by atoms with Crippen LogP contribution in [0.3, 0.4) is 0 Å². The minimum atomic E-state index is -5.08. The highest BCUT2D eigenvalue weighted by molar-refractivity contribution is 7.89. The first-order chi connectivity index (χ1) is 19.8. The maximum Gasteiger partial charge on any atom is 0.490 e. The third-order valence-electron chi connectivity index (χ3n) is 7.80. The standard InChI is InChI=1S/C26H34N4O3S2.C2HF3O2/c1-2-35(32,33)30-10-6-18(7-11-30)24-15-28-25-22(24)13-19(14-23(25)26(27)31)20-12-21(34-17-20)16-29-8-4-3-5-9-29;3-2(4,5)1(6)7/h12-15,17-18,28H,2-11,16H2,1H3,(H2,27,31);(H,6,7). The highest BCUT2D eigenvalue weighted by Crippen LogP contribution is 2.38. The molecule has 9 nitrogen and oxygen atoms in total. The van der Waals surface area contributed by atoms with Crippen molar-refractivity contribution in [2.24, 2.45) is 5.73 Å². The maximum atomic E-state index is 12.4. The summed E-state index contributed by atoms with van der Waals surface area (Å²) in [6.07, 6.45) is 2.30. The fourth-order valence-electron chi connectivity index (χ4n) is 5.53. The summed E-state index contributed by atoms with van der Waals surface area (Å²) < 4.78 is 57.9. The fraction of sp³-hybridized carbons (Fsp3) is 0.500. The van der Waals surface area contributed by atoms with E-state index in [4.69, 9.17) is 15.6 Å². The Kier molecular flexibility index (Phi) is 10.0. The van der Waals surface area contributed by atoms with Crippen molar-refractivity contribution in [3.05, 3.63) is 45.8 Å². The predicted molar refractivity (Wildman–Crippen MR) is 156 cm³/mol. The Morgan fingerprint density at radius 1 is 1.07 bits per heavy atom. The number of sulfonamides is 1. The lowest BCUT2D eigenvalue weighted by Gasteiger charge is -2.31. The molecule has 14 heteroatoms. The van der Waals surface area contributed by atoms with Crippen LogP contribution in [0.4, 0.5) is 13.2 Å². The number of H-pyrrole nitrogens is 1. The first-order valence-electron chi connectivity index (χ1n) is 13.8. The summed E-state index contributed by atoms with van der Waals surface area (Å²) in [7, 11) is -3.16. The van der Waals surface area contributed by atoms with Crippen molar-refractivity contribution < 1.29 is 36.3 Å². The van der Waals surface area contributed by atoms with Crippen LogP contribution in [-0.2, 0) is 21.4 Å². The molecule has 4 heterocycles. The first-order valence-corrected chi connectivity index (χ1v) is 16.3. The number of rotatable bonds is 7. The molecule has 0 atom stereocenters. The predicted octanol–water partition coefficient (Wildman–Crippen LogP) is 5.14. The van der Waals surface area contributed by atoms with E-state index in [-0.39, 0.29) is 11.7 Å². The summed E-state index contributed by atoms with van der Waals surface area (Å²) >= 11 is 1.77. The highest BCUT2D eigenvalue weighted by Gasteiger charge is 2.38. The molecule has 1 aromatic carbocycles. The van der Waals surface area contributed by atoms with Gasteiger partial charge in [-0.25, -0.2) is 17.5 Å². The molecule has 0 radical (unpaired) electrons. The van der Waals surface area contributed by atoms with Crippen LogP contribution in [0.5, 0.6) is 0 Å². The Labute approximate surface area is 246 Å². The van der Waals surface area contributed by atoms with Gasteiger partial charge in [-0.3, -0.25) is 9.69 Å². The van der Waals surface area contributed by atoms with Gasteiger partial charge >= 0.3 is 12.1 Å². The molecule has 0 spiro atoms. The van der Waals surface area contributed by atoms with E-state index in [0.29, 0.717) is 18.7 Å². The lowest BCUT2D eigenvalue weighted by molar-refractivity contribution is -0.192. The number of fused-ring (bicyclic) bond motifs is 1. The number of piperidine rings is 2. The second-order valence-electron chi connectivity index (χ2n) is 10.6. The minimum absolute atomic E-state index is 0.135. The molecule has 5 rings (SSSR count). The number of carbonyl (C=O) groups is 2. The van der Waals surface area contributed by atoms with Crippen molar-refractivity contribution in [3.8, 4) is 11.1 Å². The lowest BCUT2D eigenvalue weighted by atomic mass is 9.88. The van der Waals surface area contributed by atoms with E-state index < -0.39 is 28.1 Å². The summed E-state index contributed by atoms with van der Waals surface area (Å²) in [5, 5.41) is 10.3. The number of nitrogens with two attached hydrogens (primary N) is 1. The van der Waals surface area contributed by atoms with Gasteiger partial charge in [0.2, 0.25) is 10.0 Å². The number of hydrogen-bond acceptors (Lipinski definition) is 6. The van der Waals surface area contributed by atoms with Gasteiger partial charge in [0.25, 0.3) is 5.91 Å². The number of aliphatic carboxylic acids is 1. The number of carboxylic acid groups (broad SMARTS) is 1. The Bertz CT molecular complexity index is 1520. The van der Waals surface area contributed by atoms with E-state index >= 15 is 0 Å². The molecule has 0 unspecified atom stereocenters. The summed E-state index contributed by atoms with van der Waals surface area (Å²) in [6.45, 7) is 6.05. The average molecular weight is 629 g/mol. The number of benzene rings is 1. The Morgan fingerprint density at radius 2 is 1.71 bits per heavy atom. The minimum Gasteiger partial charge on any atom is -0.475 e. The number of primary amides is 1. The number of aromatic nitrogens is 1. The van der Waals surface area contributed by atoms with Crippen LogP contribution >= 0.6 is 11.3 Å². The van der Waals surface area contributed by atoms with Gasteiger partial charge in [0.15, 0.2) is 0 Å². The highest BCUT2D eigenvalue weighted by atomic mass is 32.2. The molecule has 4 N–H and O–H groups in total. The van der Waals surface area contributed by atoms with E-state index in [1.807, 2.05) is 12.3 Å². The average Bonchev–Trinajstić information content (AvgIpc) is 3.60. The number of halogens is 3.